The minimum absolute atomic E-state index is 0.286. The average molecular weight is 293 g/mol. The van der Waals surface area contributed by atoms with Gasteiger partial charge in [-0.1, -0.05) is 30.7 Å². The lowest BCUT2D eigenvalue weighted by molar-refractivity contribution is 0.414. The van der Waals surface area contributed by atoms with Crippen LogP contribution in [0.1, 0.15) is 18.3 Å². The summed E-state index contributed by atoms with van der Waals surface area (Å²) >= 11 is 5.99. The molecule has 5 nitrogen and oxygen atoms in total. The Balaban J connectivity index is 2.11. The smallest absolute Gasteiger partial charge is 0.157 e. The number of nitrogens with zero attached hydrogens (tertiary/aromatic N) is 2. The van der Waals surface area contributed by atoms with Gasteiger partial charge in [-0.25, -0.2) is 9.97 Å². The molecule has 6 heteroatoms. The third-order valence-corrected chi connectivity index (χ3v) is 3.17. The molecule has 0 saturated carbocycles. The first kappa shape index (κ1) is 14.4. The summed E-state index contributed by atoms with van der Waals surface area (Å²) in [5.74, 6) is 2.06. The summed E-state index contributed by atoms with van der Waals surface area (Å²) in [6.07, 6.45) is 0.706. The van der Waals surface area contributed by atoms with E-state index in [0.717, 1.165) is 11.3 Å². The van der Waals surface area contributed by atoms with Crippen LogP contribution >= 0.6 is 11.6 Å². The van der Waals surface area contributed by atoms with Crippen LogP contribution in [-0.4, -0.2) is 17.1 Å². The fourth-order valence-electron chi connectivity index (χ4n) is 1.71. The summed E-state index contributed by atoms with van der Waals surface area (Å²) in [4.78, 5) is 8.45. The number of hydrogen-bond donors (Lipinski definition) is 2. The predicted molar refractivity (Wildman–Crippen MR) is 81.2 cm³/mol. The molecule has 0 unspecified atom stereocenters. The molecule has 0 atom stereocenters. The van der Waals surface area contributed by atoms with Crippen molar-refractivity contribution in [1.82, 2.24) is 9.97 Å². The number of benzene rings is 1. The minimum Gasteiger partial charge on any atom is -0.497 e. The Bertz CT molecular complexity index is 586. The number of nitrogens with one attached hydrogen (secondary N) is 1. The SMILES string of the molecule is CCc1nc(Cl)c(N)c(NCc2ccc(OC)cc2)n1. The van der Waals surface area contributed by atoms with Crippen LogP contribution in [0.15, 0.2) is 24.3 Å². The second kappa shape index (κ2) is 6.43. The number of ether oxygens (including phenoxy) is 1. The van der Waals surface area contributed by atoms with E-state index in [1.807, 2.05) is 31.2 Å². The molecule has 2 aromatic rings. The van der Waals surface area contributed by atoms with Crippen molar-refractivity contribution in [2.24, 2.45) is 0 Å². The number of hydrogen-bond acceptors (Lipinski definition) is 5. The molecule has 0 radical (unpaired) electrons. The van der Waals surface area contributed by atoms with E-state index in [1.54, 1.807) is 7.11 Å². The number of aryl methyl sites for hydroxylation is 1. The van der Waals surface area contributed by atoms with E-state index in [2.05, 4.69) is 15.3 Å². The highest BCUT2D eigenvalue weighted by atomic mass is 35.5. The number of methoxy groups -OCH3 is 1. The lowest BCUT2D eigenvalue weighted by atomic mass is 10.2. The van der Waals surface area contributed by atoms with E-state index in [-0.39, 0.29) is 5.15 Å². The highest BCUT2D eigenvalue weighted by Crippen LogP contribution is 2.24. The van der Waals surface area contributed by atoms with Crippen LogP contribution in [0, 0.1) is 0 Å². The zero-order valence-corrected chi connectivity index (χ0v) is 12.2. The van der Waals surface area contributed by atoms with E-state index in [4.69, 9.17) is 22.1 Å². The molecule has 0 aliphatic rings. The summed E-state index contributed by atoms with van der Waals surface area (Å²) in [5.41, 5.74) is 7.34. The van der Waals surface area contributed by atoms with Gasteiger partial charge in [-0.3, -0.25) is 0 Å². The van der Waals surface area contributed by atoms with E-state index >= 15 is 0 Å². The van der Waals surface area contributed by atoms with Gasteiger partial charge in [0, 0.05) is 13.0 Å². The zero-order valence-electron chi connectivity index (χ0n) is 11.5. The van der Waals surface area contributed by atoms with Gasteiger partial charge in [0.25, 0.3) is 0 Å². The average Bonchev–Trinajstić information content (AvgIpc) is 2.49. The van der Waals surface area contributed by atoms with Crippen LogP contribution in [-0.2, 0) is 13.0 Å². The molecule has 0 aliphatic carbocycles. The number of anilines is 2. The molecule has 0 spiro atoms. The second-order valence-electron chi connectivity index (χ2n) is 4.25. The van der Waals surface area contributed by atoms with Gasteiger partial charge < -0.3 is 15.8 Å². The van der Waals surface area contributed by atoms with Crippen LogP contribution in [0.4, 0.5) is 11.5 Å². The molecule has 106 valence electrons. The number of nitrogen functional groups attached to an aromatic ring is 1. The molecular formula is C14H17ClN4O. The first-order valence-electron chi connectivity index (χ1n) is 6.32. The normalized spacial score (nSPS) is 10.3. The van der Waals surface area contributed by atoms with Gasteiger partial charge in [0.15, 0.2) is 11.0 Å². The van der Waals surface area contributed by atoms with E-state index in [9.17, 15) is 0 Å². The Morgan fingerprint density at radius 1 is 1.25 bits per heavy atom. The van der Waals surface area contributed by atoms with Gasteiger partial charge in [-0.2, -0.15) is 0 Å². The first-order valence-corrected chi connectivity index (χ1v) is 6.70. The molecular weight excluding hydrogens is 276 g/mol. The molecule has 1 aromatic carbocycles. The molecule has 0 bridgehead atoms. The molecule has 0 saturated heterocycles. The molecule has 1 aromatic heterocycles. The monoisotopic (exact) mass is 292 g/mol. The fourth-order valence-corrected chi connectivity index (χ4v) is 1.89. The van der Waals surface area contributed by atoms with Crippen molar-refractivity contribution in [3.63, 3.8) is 0 Å². The highest BCUT2D eigenvalue weighted by Gasteiger charge is 2.09. The maximum absolute atomic E-state index is 5.99. The van der Waals surface area contributed by atoms with Crippen molar-refractivity contribution in [2.45, 2.75) is 19.9 Å². The maximum atomic E-state index is 5.99. The fraction of sp³-hybridized carbons (Fsp3) is 0.286. The van der Waals surface area contributed by atoms with Crippen molar-refractivity contribution in [2.75, 3.05) is 18.2 Å². The van der Waals surface area contributed by atoms with Crippen LogP contribution in [0.5, 0.6) is 5.75 Å². The van der Waals surface area contributed by atoms with Crippen LogP contribution in [0.3, 0.4) is 0 Å². The second-order valence-corrected chi connectivity index (χ2v) is 4.61. The predicted octanol–water partition coefficient (Wildman–Crippen LogP) is 2.90. The van der Waals surface area contributed by atoms with Crippen molar-refractivity contribution in [3.8, 4) is 5.75 Å². The quantitative estimate of drug-likeness (QED) is 0.829. The van der Waals surface area contributed by atoms with Crippen molar-refractivity contribution in [1.29, 1.82) is 0 Å². The Labute approximate surface area is 123 Å². The highest BCUT2D eigenvalue weighted by molar-refractivity contribution is 6.32. The summed E-state index contributed by atoms with van der Waals surface area (Å²) in [6, 6.07) is 7.77. The molecule has 0 amide bonds. The van der Waals surface area contributed by atoms with Crippen molar-refractivity contribution >= 4 is 23.1 Å². The number of nitrogens with two attached hydrogens (primary N) is 1. The van der Waals surface area contributed by atoms with Gasteiger partial charge >= 0.3 is 0 Å². The lowest BCUT2D eigenvalue weighted by Crippen LogP contribution is -2.08. The Hall–Kier alpha value is -2.01. The van der Waals surface area contributed by atoms with Gasteiger partial charge in [-0.05, 0) is 17.7 Å². The Morgan fingerprint density at radius 3 is 2.55 bits per heavy atom. The molecule has 0 fully saturated rings. The molecule has 20 heavy (non-hydrogen) atoms. The third kappa shape index (κ3) is 3.30. The first-order chi connectivity index (χ1) is 9.63. The van der Waals surface area contributed by atoms with E-state index in [0.29, 0.717) is 30.3 Å². The maximum Gasteiger partial charge on any atom is 0.157 e. The van der Waals surface area contributed by atoms with Crippen LogP contribution in [0.2, 0.25) is 5.15 Å². The van der Waals surface area contributed by atoms with Gasteiger partial charge in [-0.15, -0.1) is 0 Å². The Morgan fingerprint density at radius 2 is 1.95 bits per heavy atom. The van der Waals surface area contributed by atoms with Crippen LogP contribution in [0.25, 0.3) is 0 Å². The Kier molecular flexibility index (Phi) is 4.63. The molecule has 2 rings (SSSR count). The summed E-state index contributed by atoms with van der Waals surface area (Å²) < 4.78 is 5.12. The minimum atomic E-state index is 0.286. The van der Waals surface area contributed by atoms with E-state index in [1.165, 1.54) is 0 Å². The molecule has 3 N–H and O–H groups in total. The largest absolute Gasteiger partial charge is 0.497 e. The van der Waals surface area contributed by atoms with Gasteiger partial charge in [0.1, 0.15) is 17.3 Å². The number of aromatic nitrogens is 2. The number of halogens is 1. The third-order valence-electron chi connectivity index (χ3n) is 2.88. The van der Waals surface area contributed by atoms with Crippen molar-refractivity contribution in [3.05, 3.63) is 40.8 Å². The van der Waals surface area contributed by atoms with Gasteiger partial charge in [0.2, 0.25) is 0 Å². The topological polar surface area (TPSA) is 73.1 Å². The lowest BCUT2D eigenvalue weighted by Gasteiger charge is -2.11. The van der Waals surface area contributed by atoms with Gasteiger partial charge in [0.05, 0.1) is 7.11 Å². The molecule has 1 heterocycles. The molecule has 0 aliphatic heterocycles. The van der Waals surface area contributed by atoms with Crippen molar-refractivity contribution < 1.29 is 4.74 Å². The summed E-state index contributed by atoms with van der Waals surface area (Å²) in [7, 11) is 1.64. The van der Waals surface area contributed by atoms with Crippen LogP contribution < -0.4 is 15.8 Å². The summed E-state index contributed by atoms with van der Waals surface area (Å²) in [5, 5.41) is 3.47. The van der Waals surface area contributed by atoms with E-state index < -0.39 is 0 Å². The summed E-state index contributed by atoms with van der Waals surface area (Å²) in [6.45, 7) is 2.57. The zero-order chi connectivity index (χ0) is 14.5. The standard InChI is InChI=1S/C14H17ClN4O/c1-3-11-18-13(15)12(16)14(19-11)17-8-9-4-6-10(20-2)7-5-9/h4-7H,3,8,16H2,1-2H3,(H,17,18,19). The number of rotatable bonds is 5.